The summed E-state index contributed by atoms with van der Waals surface area (Å²) in [6, 6.07) is 28.2. The van der Waals surface area contributed by atoms with Crippen LogP contribution in [0.3, 0.4) is 0 Å². The standard InChI is InChI=1S/C23H15Br/c24-23-17-15-22(16-18-23)21(13-11-19-7-3-1-4-8-19)14-12-20-9-5-2-6-10-20/h1-10,15-18,21H. The molecular weight excluding hydrogens is 356 g/mol. The van der Waals surface area contributed by atoms with E-state index in [9.17, 15) is 0 Å². The third-order valence-electron chi connectivity index (χ3n) is 3.47. The molecule has 3 aromatic carbocycles. The van der Waals surface area contributed by atoms with Gasteiger partial charge in [0.25, 0.3) is 0 Å². The molecule has 0 heterocycles. The zero-order valence-corrected chi connectivity index (χ0v) is 14.6. The lowest BCUT2D eigenvalue weighted by Gasteiger charge is -2.04. The Bertz CT molecular complexity index is 845. The quantitative estimate of drug-likeness (QED) is 0.486. The second kappa shape index (κ2) is 8.21. The molecule has 0 atom stereocenters. The van der Waals surface area contributed by atoms with Crippen molar-refractivity contribution in [2.75, 3.05) is 0 Å². The minimum Gasteiger partial charge on any atom is -0.0764 e. The lowest BCUT2D eigenvalue weighted by atomic mass is 9.99. The predicted octanol–water partition coefficient (Wildman–Crippen LogP) is 5.64. The van der Waals surface area contributed by atoms with Crippen LogP contribution in [0.4, 0.5) is 0 Å². The minimum atomic E-state index is -0.126. The van der Waals surface area contributed by atoms with Crippen molar-refractivity contribution in [2.24, 2.45) is 0 Å². The van der Waals surface area contributed by atoms with Gasteiger partial charge in [-0.3, -0.25) is 0 Å². The first-order chi connectivity index (χ1) is 11.8. The molecule has 1 heteroatoms. The molecule has 24 heavy (non-hydrogen) atoms. The van der Waals surface area contributed by atoms with Gasteiger partial charge in [0.15, 0.2) is 0 Å². The van der Waals surface area contributed by atoms with Crippen molar-refractivity contribution in [3.63, 3.8) is 0 Å². The summed E-state index contributed by atoms with van der Waals surface area (Å²) in [5.74, 6) is 12.9. The Kier molecular flexibility index (Phi) is 5.52. The molecule has 0 fully saturated rings. The maximum Gasteiger partial charge on any atom is 0.107 e. The summed E-state index contributed by atoms with van der Waals surface area (Å²) >= 11 is 3.47. The summed E-state index contributed by atoms with van der Waals surface area (Å²) in [7, 11) is 0. The lowest BCUT2D eigenvalue weighted by Crippen LogP contribution is -1.93. The van der Waals surface area contributed by atoms with Crippen molar-refractivity contribution in [1.29, 1.82) is 0 Å². The Balaban J connectivity index is 1.94. The Labute approximate surface area is 151 Å². The van der Waals surface area contributed by atoms with Crippen LogP contribution in [-0.2, 0) is 0 Å². The summed E-state index contributed by atoms with van der Waals surface area (Å²) in [4.78, 5) is 0. The first-order valence-electron chi connectivity index (χ1n) is 7.70. The third kappa shape index (κ3) is 4.63. The smallest absolute Gasteiger partial charge is 0.0764 e. The van der Waals surface area contributed by atoms with Crippen LogP contribution in [0.2, 0.25) is 0 Å². The largest absolute Gasteiger partial charge is 0.107 e. The first-order valence-corrected chi connectivity index (χ1v) is 8.49. The summed E-state index contributed by atoms with van der Waals surface area (Å²) in [6.07, 6.45) is 0. The molecule has 0 saturated carbocycles. The molecule has 0 aliphatic rings. The summed E-state index contributed by atoms with van der Waals surface area (Å²) < 4.78 is 1.05. The van der Waals surface area contributed by atoms with Crippen LogP contribution in [0.25, 0.3) is 0 Å². The van der Waals surface area contributed by atoms with E-state index in [4.69, 9.17) is 0 Å². The fourth-order valence-corrected chi connectivity index (χ4v) is 2.48. The van der Waals surface area contributed by atoms with Crippen LogP contribution < -0.4 is 0 Å². The number of halogens is 1. The highest BCUT2D eigenvalue weighted by molar-refractivity contribution is 9.10. The predicted molar refractivity (Wildman–Crippen MR) is 104 cm³/mol. The maximum atomic E-state index is 3.47. The van der Waals surface area contributed by atoms with Gasteiger partial charge in [0, 0.05) is 15.6 Å². The van der Waals surface area contributed by atoms with Gasteiger partial charge in [0.2, 0.25) is 0 Å². The van der Waals surface area contributed by atoms with Crippen molar-refractivity contribution in [1.82, 2.24) is 0 Å². The molecular formula is C23H15Br. The summed E-state index contributed by atoms with van der Waals surface area (Å²) in [5, 5.41) is 0. The molecule has 0 unspecified atom stereocenters. The van der Waals surface area contributed by atoms with Gasteiger partial charge in [-0.1, -0.05) is 88.1 Å². The van der Waals surface area contributed by atoms with E-state index in [0.717, 1.165) is 21.2 Å². The average Bonchev–Trinajstić information content (AvgIpc) is 2.64. The molecule has 0 aliphatic heterocycles. The Morgan fingerprint density at radius 1 is 0.583 bits per heavy atom. The van der Waals surface area contributed by atoms with E-state index in [1.165, 1.54) is 0 Å². The Morgan fingerprint density at radius 3 is 1.50 bits per heavy atom. The average molecular weight is 371 g/mol. The van der Waals surface area contributed by atoms with E-state index in [1.807, 2.05) is 72.8 Å². The third-order valence-corrected chi connectivity index (χ3v) is 4.00. The van der Waals surface area contributed by atoms with Gasteiger partial charge in [0.1, 0.15) is 5.92 Å². The van der Waals surface area contributed by atoms with E-state index >= 15 is 0 Å². The van der Waals surface area contributed by atoms with Gasteiger partial charge >= 0.3 is 0 Å². The summed E-state index contributed by atoms with van der Waals surface area (Å²) in [6.45, 7) is 0. The van der Waals surface area contributed by atoms with Gasteiger partial charge in [-0.15, -0.1) is 0 Å². The zero-order valence-electron chi connectivity index (χ0n) is 13.0. The number of benzene rings is 3. The summed E-state index contributed by atoms with van der Waals surface area (Å²) in [5.41, 5.74) is 3.10. The molecule has 0 amide bonds. The van der Waals surface area contributed by atoms with Crippen molar-refractivity contribution in [2.45, 2.75) is 5.92 Å². The van der Waals surface area contributed by atoms with Crippen molar-refractivity contribution in [3.05, 3.63) is 106 Å². The van der Waals surface area contributed by atoms with Gasteiger partial charge < -0.3 is 0 Å². The normalized spacial score (nSPS) is 9.58. The highest BCUT2D eigenvalue weighted by Gasteiger charge is 2.04. The fourth-order valence-electron chi connectivity index (χ4n) is 2.21. The van der Waals surface area contributed by atoms with E-state index in [1.54, 1.807) is 0 Å². The molecule has 0 bridgehead atoms. The fraction of sp³-hybridized carbons (Fsp3) is 0.0435. The molecule has 0 nitrogen and oxygen atoms in total. The molecule has 0 spiro atoms. The molecule has 0 aliphatic carbocycles. The van der Waals surface area contributed by atoms with Gasteiger partial charge in [-0.25, -0.2) is 0 Å². The molecule has 0 saturated heterocycles. The number of hydrogen-bond acceptors (Lipinski definition) is 0. The van der Waals surface area contributed by atoms with Crippen LogP contribution >= 0.6 is 15.9 Å². The van der Waals surface area contributed by atoms with Crippen LogP contribution in [0, 0.1) is 23.7 Å². The highest BCUT2D eigenvalue weighted by Crippen LogP contribution is 2.18. The van der Waals surface area contributed by atoms with Crippen molar-refractivity contribution >= 4 is 15.9 Å². The van der Waals surface area contributed by atoms with E-state index < -0.39 is 0 Å². The molecule has 114 valence electrons. The molecule has 0 radical (unpaired) electrons. The van der Waals surface area contributed by atoms with E-state index in [-0.39, 0.29) is 5.92 Å². The monoisotopic (exact) mass is 370 g/mol. The molecule has 3 aromatic rings. The lowest BCUT2D eigenvalue weighted by molar-refractivity contribution is 1.17. The van der Waals surface area contributed by atoms with E-state index in [2.05, 4.69) is 51.7 Å². The van der Waals surface area contributed by atoms with Crippen molar-refractivity contribution in [3.8, 4) is 23.7 Å². The van der Waals surface area contributed by atoms with Gasteiger partial charge in [0.05, 0.1) is 0 Å². The number of hydrogen-bond donors (Lipinski definition) is 0. The van der Waals surface area contributed by atoms with Crippen LogP contribution in [0.15, 0.2) is 89.4 Å². The van der Waals surface area contributed by atoms with Gasteiger partial charge in [-0.2, -0.15) is 0 Å². The number of rotatable bonds is 1. The van der Waals surface area contributed by atoms with E-state index in [0.29, 0.717) is 0 Å². The van der Waals surface area contributed by atoms with Crippen LogP contribution in [0.5, 0.6) is 0 Å². The second-order valence-electron chi connectivity index (χ2n) is 5.26. The topological polar surface area (TPSA) is 0 Å². The molecule has 0 aromatic heterocycles. The highest BCUT2D eigenvalue weighted by atomic mass is 79.9. The Hall–Kier alpha value is -2.74. The van der Waals surface area contributed by atoms with Gasteiger partial charge in [-0.05, 0) is 42.0 Å². The maximum absolute atomic E-state index is 3.47. The minimum absolute atomic E-state index is 0.126. The first kappa shape index (κ1) is 16.1. The Morgan fingerprint density at radius 2 is 1.04 bits per heavy atom. The molecule has 3 rings (SSSR count). The van der Waals surface area contributed by atoms with Crippen LogP contribution in [0.1, 0.15) is 22.6 Å². The zero-order chi connectivity index (χ0) is 16.6. The SMILES string of the molecule is Brc1ccc(C(C#Cc2ccccc2)C#Cc2ccccc2)cc1. The van der Waals surface area contributed by atoms with Crippen LogP contribution in [-0.4, -0.2) is 0 Å². The molecule has 0 N–H and O–H groups in total. The second-order valence-corrected chi connectivity index (χ2v) is 6.17. The van der Waals surface area contributed by atoms with Crippen molar-refractivity contribution < 1.29 is 0 Å².